The number of rotatable bonds is 1. The second-order valence-electron chi connectivity index (χ2n) is 5.52. The molecule has 0 bridgehead atoms. The maximum Gasteiger partial charge on any atom is 0.0545 e. The van der Waals surface area contributed by atoms with Crippen LogP contribution in [-0.2, 0) is 0 Å². The van der Waals surface area contributed by atoms with E-state index in [4.69, 9.17) is 0 Å². The molecule has 2 heteroatoms. The molecule has 0 amide bonds. The van der Waals surface area contributed by atoms with Crippen molar-refractivity contribution < 1.29 is 5.11 Å². The molecule has 2 aliphatic rings. The monoisotopic (exact) mass is 272 g/mol. The molecule has 0 spiro atoms. The van der Waals surface area contributed by atoms with E-state index >= 15 is 0 Å². The van der Waals surface area contributed by atoms with Crippen LogP contribution in [0.25, 0.3) is 0 Å². The topological polar surface area (TPSA) is 20.2 Å². The normalized spacial score (nSPS) is 45.5. The van der Waals surface area contributed by atoms with Crippen molar-refractivity contribution in [2.75, 3.05) is 0 Å². The first-order valence-electron chi connectivity index (χ1n) is 6.07. The van der Waals surface area contributed by atoms with Gasteiger partial charge in [-0.15, -0.1) is 0 Å². The molecule has 1 nitrogen and oxygen atoms in total. The first-order valence-corrected chi connectivity index (χ1v) is 6.98. The molecule has 0 aliphatic heterocycles. The van der Waals surface area contributed by atoms with Gasteiger partial charge >= 0.3 is 0 Å². The molecule has 2 rings (SSSR count). The Morgan fingerprint density at radius 3 is 2.87 bits per heavy atom. The Balaban J connectivity index is 2.27. The molecule has 0 aromatic heterocycles. The highest BCUT2D eigenvalue weighted by Gasteiger charge is 2.50. The zero-order chi connectivity index (χ0) is 11.1. The minimum absolute atomic E-state index is 0.144. The van der Waals surface area contributed by atoms with E-state index in [1.165, 1.54) is 32.1 Å². The summed E-state index contributed by atoms with van der Waals surface area (Å²) in [7, 11) is 0. The lowest BCUT2D eigenvalue weighted by atomic mass is 9.63. The van der Waals surface area contributed by atoms with Crippen LogP contribution in [0.4, 0.5) is 0 Å². The molecule has 0 heterocycles. The second-order valence-corrected chi connectivity index (χ2v) is 5.98. The summed E-state index contributed by atoms with van der Waals surface area (Å²) in [6, 6.07) is 0. The molecule has 15 heavy (non-hydrogen) atoms. The maximum atomic E-state index is 9.88. The smallest absolute Gasteiger partial charge is 0.0545 e. The summed E-state index contributed by atoms with van der Waals surface area (Å²) in [6.07, 6.45) is 6.14. The number of allylic oxidation sites excluding steroid dienone is 1. The second kappa shape index (κ2) is 4.21. The molecule has 2 fully saturated rings. The summed E-state index contributed by atoms with van der Waals surface area (Å²) in [5.41, 5.74) is 1.93. The Hall–Kier alpha value is 0.180. The van der Waals surface area contributed by atoms with Gasteiger partial charge in [-0.3, -0.25) is 0 Å². The molecule has 4 atom stereocenters. The van der Waals surface area contributed by atoms with Crippen molar-refractivity contribution in [3.8, 4) is 0 Å². The molecule has 0 unspecified atom stereocenters. The van der Waals surface area contributed by atoms with Crippen LogP contribution >= 0.6 is 15.9 Å². The first-order chi connectivity index (χ1) is 7.09. The van der Waals surface area contributed by atoms with Gasteiger partial charge < -0.3 is 5.11 Å². The zero-order valence-electron chi connectivity index (χ0n) is 9.67. The van der Waals surface area contributed by atoms with Crippen molar-refractivity contribution >= 4 is 15.9 Å². The number of aliphatic hydroxyl groups excluding tert-OH is 1. The van der Waals surface area contributed by atoms with Crippen LogP contribution in [-0.4, -0.2) is 11.2 Å². The first kappa shape index (κ1) is 11.7. The zero-order valence-corrected chi connectivity index (χ0v) is 11.3. The van der Waals surface area contributed by atoms with Crippen molar-refractivity contribution in [3.05, 3.63) is 10.6 Å². The van der Waals surface area contributed by atoms with E-state index in [1.54, 1.807) is 5.57 Å². The molecule has 0 aromatic carbocycles. The molecular weight excluding hydrogens is 252 g/mol. The van der Waals surface area contributed by atoms with Gasteiger partial charge in [-0.1, -0.05) is 28.4 Å². The standard InChI is InChI=1S/C13H21BrO/c1-9(15)11-5-6-12-10(8-14)4-3-7-13(11,12)2/h8-9,11-12,15H,3-7H2,1-2H3/t9-,11+,12-,13+/m0/s1. The summed E-state index contributed by atoms with van der Waals surface area (Å²) in [6.45, 7) is 4.35. The van der Waals surface area contributed by atoms with Crippen LogP contribution in [0.2, 0.25) is 0 Å². The van der Waals surface area contributed by atoms with Crippen molar-refractivity contribution in [2.45, 2.75) is 52.1 Å². The van der Waals surface area contributed by atoms with Crippen LogP contribution in [0.1, 0.15) is 46.0 Å². The third-order valence-corrected chi connectivity index (χ3v) is 5.35. The van der Waals surface area contributed by atoms with Crippen molar-refractivity contribution in [1.82, 2.24) is 0 Å². The molecule has 86 valence electrons. The van der Waals surface area contributed by atoms with Crippen molar-refractivity contribution in [1.29, 1.82) is 0 Å². The Morgan fingerprint density at radius 2 is 2.27 bits per heavy atom. The van der Waals surface area contributed by atoms with Gasteiger partial charge in [0, 0.05) is 0 Å². The molecule has 1 N–H and O–H groups in total. The minimum atomic E-state index is -0.144. The van der Waals surface area contributed by atoms with Gasteiger partial charge in [0.15, 0.2) is 0 Å². The fourth-order valence-electron chi connectivity index (χ4n) is 4.00. The van der Waals surface area contributed by atoms with Crippen LogP contribution in [0, 0.1) is 17.3 Å². The van der Waals surface area contributed by atoms with Crippen molar-refractivity contribution in [2.24, 2.45) is 17.3 Å². The van der Waals surface area contributed by atoms with Crippen LogP contribution < -0.4 is 0 Å². The Bertz CT molecular complexity index is 272. The van der Waals surface area contributed by atoms with Gasteiger partial charge in [0.2, 0.25) is 0 Å². The third kappa shape index (κ3) is 1.80. The van der Waals surface area contributed by atoms with E-state index in [1.807, 2.05) is 6.92 Å². The molecule has 0 radical (unpaired) electrons. The number of hydrogen-bond acceptors (Lipinski definition) is 1. The van der Waals surface area contributed by atoms with Gasteiger partial charge in [0.25, 0.3) is 0 Å². The lowest BCUT2D eigenvalue weighted by molar-refractivity contribution is 0.0303. The fourth-order valence-corrected chi connectivity index (χ4v) is 4.55. The minimum Gasteiger partial charge on any atom is -0.393 e. The predicted molar refractivity (Wildman–Crippen MR) is 66.9 cm³/mol. The maximum absolute atomic E-state index is 9.88. The van der Waals surface area contributed by atoms with E-state index in [2.05, 4.69) is 27.8 Å². The Morgan fingerprint density at radius 1 is 1.53 bits per heavy atom. The van der Waals surface area contributed by atoms with Crippen LogP contribution in [0.5, 0.6) is 0 Å². The highest BCUT2D eigenvalue weighted by molar-refractivity contribution is 9.11. The highest BCUT2D eigenvalue weighted by atomic mass is 79.9. The SMILES string of the molecule is C[C@H](O)[C@H]1CC[C@H]2C(=CBr)CCC[C@]12C. The molecule has 0 aromatic rings. The van der Waals surface area contributed by atoms with Gasteiger partial charge in [0.1, 0.15) is 0 Å². The summed E-state index contributed by atoms with van der Waals surface area (Å²) >= 11 is 3.50. The summed E-state index contributed by atoms with van der Waals surface area (Å²) in [5.74, 6) is 1.22. The van der Waals surface area contributed by atoms with Gasteiger partial charge in [0.05, 0.1) is 6.10 Å². The van der Waals surface area contributed by atoms with Gasteiger partial charge in [-0.05, 0) is 61.3 Å². The van der Waals surface area contributed by atoms with Gasteiger partial charge in [-0.25, -0.2) is 0 Å². The fraction of sp³-hybridized carbons (Fsp3) is 0.846. The quantitative estimate of drug-likeness (QED) is 0.769. The average Bonchev–Trinajstić information content (AvgIpc) is 2.54. The molecule has 2 saturated carbocycles. The summed E-state index contributed by atoms with van der Waals surface area (Å²) in [4.78, 5) is 2.14. The number of halogens is 1. The lowest BCUT2D eigenvalue weighted by Gasteiger charge is -2.43. The summed E-state index contributed by atoms with van der Waals surface area (Å²) in [5, 5.41) is 9.88. The third-order valence-electron chi connectivity index (χ3n) is 4.76. The number of fused-ring (bicyclic) bond motifs is 1. The van der Waals surface area contributed by atoms with Crippen LogP contribution in [0.15, 0.2) is 10.6 Å². The Kier molecular flexibility index (Phi) is 3.27. The average molecular weight is 273 g/mol. The van der Waals surface area contributed by atoms with E-state index < -0.39 is 0 Å². The van der Waals surface area contributed by atoms with E-state index in [0.29, 0.717) is 17.3 Å². The predicted octanol–water partition coefficient (Wildman–Crippen LogP) is 3.86. The van der Waals surface area contributed by atoms with E-state index in [0.717, 1.165) is 0 Å². The lowest BCUT2D eigenvalue weighted by Crippen LogP contribution is -2.37. The van der Waals surface area contributed by atoms with Crippen LogP contribution in [0.3, 0.4) is 0 Å². The summed E-state index contributed by atoms with van der Waals surface area (Å²) < 4.78 is 0. The van der Waals surface area contributed by atoms with E-state index in [9.17, 15) is 5.11 Å². The number of hydrogen-bond donors (Lipinski definition) is 1. The Labute approximate surface area is 101 Å². The molecular formula is C13H21BrO. The van der Waals surface area contributed by atoms with E-state index in [-0.39, 0.29) is 6.10 Å². The largest absolute Gasteiger partial charge is 0.393 e. The van der Waals surface area contributed by atoms with Crippen molar-refractivity contribution in [3.63, 3.8) is 0 Å². The van der Waals surface area contributed by atoms with Gasteiger partial charge in [-0.2, -0.15) is 0 Å². The highest BCUT2D eigenvalue weighted by Crippen LogP contribution is 2.58. The number of aliphatic hydroxyl groups is 1. The molecule has 0 saturated heterocycles. The molecule has 2 aliphatic carbocycles.